The highest BCUT2D eigenvalue weighted by Crippen LogP contribution is 2.66. The van der Waals surface area contributed by atoms with E-state index in [2.05, 4.69) is 20.8 Å². The molecule has 3 saturated carbocycles. The summed E-state index contributed by atoms with van der Waals surface area (Å²) in [6.45, 7) is 7.58. The van der Waals surface area contributed by atoms with Crippen LogP contribution in [0.5, 0.6) is 0 Å². The highest BCUT2D eigenvalue weighted by atomic mass is 14.6. The van der Waals surface area contributed by atoms with Crippen LogP contribution in [0.15, 0.2) is 0 Å². The second kappa shape index (κ2) is 6.63. The number of unbranched alkanes of at least 4 members (excludes halogenated alkanes) is 4. The molecular weight excluding hydrogens is 252 g/mol. The van der Waals surface area contributed by atoms with Crippen LogP contribution in [0.4, 0.5) is 0 Å². The summed E-state index contributed by atoms with van der Waals surface area (Å²) >= 11 is 0. The van der Waals surface area contributed by atoms with Crippen molar-refractivity contribution in [2.75, 3.05) is 0 Å². The van der Waals surface area contributed by atoms with E-state index in [1.54, 1.807) is 19.3 Å². The molecule has 122 valence electrons. The van der Waals surface area contributed by atoms with E-state index < -0.39 is 0 Å². The van der Waals surface area contributed by atoms with Gasteiger partial charge < -0.3 is 0 Å². The van der Waals surface area contributed by atoms with E-state index in [0.29, 0.717) is 5.41 Å². The molecule has 0 aromatic carbocycles. The maximum absolute atomic E-state index is 2.63. The lowest BCUT2D eigenvalue weighted by Crippen LogP contribution is -2.32. The van der Waals surface area contributed by atoms with E-state index in [9.17, 15) is 0 Å². The predicted molar refractivity (Wildman–Crippen MR) is 92.3 cm³/mol. The molecule has 3 aliphatic carbocycles. The average molecular weight is 291 g/mol. The fourth-order valence-corrected chi connectivity index (χ4v) is 6.09. The lowest BCUT2D eigenvalue weighted by molar-refractivity contribution is 0.0986. The Morgan fingerprint density at radius 1 is 0.857 bits per heavy atom. The zero-order valence-electron chi connectivity index (χ0n) is 14.9. The van der Waals surface area contributed by atoms with Crippen molar-refractivity contribution >= 4 is 0 Å². The second-order valence-electron chi connectivity index (χ2n) is 9.17. The molecule has 0 saturated heterocycles. The zero-order chi connectivity index (χ0) is 14.9. The van der Waals surface area contributed by atoms with Crippen molar-refractivity contribution < 1.29 is 0 Å². The molecule has 4 atom stereocenters. The minimum absolute atomic E-state index is 0.646. The summed E-state index contributed by atoms with van der Waals surface area (Å²) in [5.41, 5.74) is 0.646. The van der Waals surface area contributed by atoms with Crippen LogP contribution in [0.25, 0.3) is 0 Å². The molecule has 3 rings (SSSR count). The largest absolute Gasteiger partial charge is 0.0654 e. The van der Waals surface area contributed by atoms with Crippen LogP contribution in [0, 0.1) is 35.0 Å². The Morgan fingerprint density at radius 3 is 2.29 bits per heavy atom. The molecule has 21 heavy (non-hydrogen) atoms. The van der Waals surface area contributed by atoms with Gasteiger partial charge in [-0.2, -0.15) is 0 Å². The highest BCUT2D eigenvalue weighted by Gasteiger charge is 2.58. The lowest BCUT2D eigenvalue weighted by Gasteiger charge is -2.39. The van der Waals surface area contributed by atoms with Gasteiger partial charge in [0.2, 0.25) is 0 Å². The summed E-state index contributed by atoms with van der Waals surface area (Å²) in [4.78, 5) is 0. The van der Waals surface area contributed by atoms with Gasteiger partial charge in [0.25, 0.3) is 0 Å². The molecule has 0 amide bonds. The monoisotopic (exact) mass is 290 g/mol. The normalized spacial score (nSPS) is 36.1. The van der Waals surface area contributed by atoms with Crippen LogP contribution in [0.3, 0.4) is 0 Å². The second-order valence-corrected chi connectivity index (χ2v) is 9.17. The summed E-state index contributed by atoms with van der Waals surface area (Å²) in [7, 11) is 0. The first-order chi connectivity index (χ1) is 10.1. The maximum atomic E-state index is 2.63. The van der Waals surface area contributed by atoms with Gasteiger partial charge in [-0.15, -0.1) is 0 Å². The SMILES string of the molecule is CCCCCCCC1CC(C(C)(C)C2CCCC2)C2CC12. The Labute approximate surface area is 133 Å². The van der Waals surface area contributed by atoms with Crippen molar-refractivity contribution in [3.05, 3.63) is 0 Å². The van der Waals surface area contributed by atoms with Crippen molar-refractivity contribution in [2.24, 2.45) is 35.0 Å². The van der Waals surface area contributed by atoms with E-state index in [4.69, 9.17) is 0 Å². The van der Waals surface area contributed by atoms with Crippen molar-refractivity contribution in [2.45, 2.75) is 97.8 Å². The molecule has 0 heteroatoms. The summed E-state index contributed by atoms with van der Waals surface area (Å²) in [5, 5.41) is 0. The molecule has 0 aromatic rings. The molecular formula is C21H38. The van der Waals surface area contributed by atoms with Crippen molar-refractivity contribution in [3.8, 4) is 0 Å². The molecule has 0 spiro atoms. The van der Waals surface area contributed by atoms with E-state index in [0.717, 1.165) is 29.6 Å². The Balaban J connectivity index is 1.47. The molecule has 3 fully saturated rings. The highest BCUT2D eigenvalue weighted by molar-refractivity contribution is 5.07. The van der Waals surface area contributed by atoms with Gasteiger partial charge in [-0.25, -0.2) is 0 Å². The van der Waals surface area contributed by atoms with Gasteiger partial charge in [-0.1, -0.05) is 72.1 Å². The fourth-order valence-electron chi connectivity index (χ4n) is 6.09. The van der Waals surface area contributed by atoms with Crippen LogP contribution in [-0.2, 0) is 0 Å². The first-order valence-electron chi connectivity index (χ1n) is 10.1. The predicted octanol–water partition coefficient (Wildman–Crippen LogP) is 6.84. The van der Waals surface area contributed by atoms with Gasteiger partial charge in [0.15, 0.2) is 0 Å². The van der Waals surface area contributed by atoms with Gasteiger partial charge >= 0.3 is 0 Å². The molecule has 0 aromatic heterocycles. The number of fused-ring (bicyclic) bond motifs is 1. The third-order valence-corrected chi connectivity index (χ3v) is 7.61. The minimum atomic E-state index is 0.646. The number of hydrogen-bond acceptors (Lipinski definition) is 0. The smallest absolute Gasteiger partial charge is 0.0295 e. The van der Waals surface area contributed by atoms with E-state index in [1.165, 1.54) is 57.8 Å². The average Bonchev–Trinajstić information content (AvgIpc) is 2.90. The first-order valence-corrected chi connectivity index (χ1v) is 10.1. The van der Waals surface area contributed by atoms with Gasteiger partial charge in [0.05, 0.1) is 0 Å². The van der Waals surface area contributed by atoms with Gasteiger partial charge in [0.1, 0.15) is 0 Å². The van der Waals surface area contributed by atoms with E-state index in [1.807, 2.05) is 0 Å². The molecule has 4 unspecified atom stereocenters. The number of hydrogen-bond donors (Lipinski definition) is 0. The minimum Gasteiger partial charge on any atom is -0.0654 e. The van der Waals surface area contributed by atoms with E-state index in [-0.39, 0.29) is 0 Å². The molecule has 0 nitrogen and oxygen atoms in total. The molecule has 0 N–H and O–H groups in total. The van der Waals surface area contributed by atoms with Crippen molar-refractivity contribution in [1.29, 1.82) is 0 Å². The maximum Gasteiger partial charge on any atom is -0.0295 e. The van der Waals surface area contributed by atoms with Gasteiger partial charge in [0, 0.05) is 0 Å². The third-order valence-electron chi connectivity index (χ3n) is 7.61. The van der Waals surface area contributed by atoms with Gasteiger partial charge in [-0.05, 0) is 60.7 Å². The van der Waals surface area contributed by atoms with Crippen molar-refractivity contribution in [1.82, 2.24) is 0 Å². The summed E-state index contributed by atoms with van der Waals surface area (Å²) in [6.07, 6.45) is 18.2. The van der Waals surface area contributed by atoms with Crippen LogP contribution in [0.1, 0.15) is 97.8 Å². The standard InChI is InChI=1S/C21H38/c1-4-5-6-7-8-11-16-14-20(19-15-18(16)19)21(2,3)17-12-9-10-13-17/h16-20H,4-15H2,1-3H3. The third kappa shape index (κ3) is 3.35. The lowest BCUT2D eigenvalue weighted by atomic mass is 9.66. The Morgan fingerprint density at radius 2 is 1.57 bits per heavy atom. The van der Waals surface area contributed by atoms with Gasteiger partial charge in [-0.3, -0.25) is 0 Å². The van der Waals surface area contributed by atoms with Crippen LogP contribution >= 0.6 is 0 Å². The van der Waals surface area contributed by atoms with Crippen LogP contribution in [-0.4, -0.2) is 0 Å². The Kier molecular flexibility index (Phi) is 5.01. The molecule has 3 aliphatic rings. The Bertz CT molecular complexity index is 323. The molecule has 0 bridgehead atoms. The zero-order valence-corrected chi connectivity index (χ0v) is 14.9. The van der Waals surface area contributed by atoms with Crippen molar-refractivity contribution in [3.63, 3.8) is 0 Å². The molecule has 0 radical (unpaired) electrons. The van der Waals surface area contributed by atoms with Crippen LogP contribution < -0.4 is 0 Å². The molecule has 0 heterocycles. The molecule has 0 aliphatic heterocycles. The summed E-state index contributed by atoms with van der Waals surface area (Å²) in [6, 6.07) is 0. The fraction of sp³-hybridized carbons (Fsp3) is 1.00. The first kappa shape index (κ1) is 15.9. The topological polar surface area (TPSA) is 0 Å². The Hall–Kier alpha value is 0. The number of rotatable bonds is 8. The quantitative estimate of drug-likeness (QED) is 0.429. The van der Waals surface area contributed by atoms with E-state index >= 15 is 0 Å². The van der Waals surface area contributed by atoms with Crippen LogP contribution in [0.2, 0.25) is 0 Å². The summed E-state index contributed by atoms with van der Waals surface area (Å²) < 4.78 is 0. The summed E-state index contributed by atoms with van der Waals surface area (Å²) in [5.74, 6) is 5.53.